The van der Waals surface area contributed by atoms with Crippen molar-refractivity contribution in [3.8, 4) is 0 Å². The second-order valence-corrected chi connectivity index (χ2v) is 4.27. The summed E-state index contributed by atoms with van der Waals surface area (Å²) in [6.07, 6.45) is -3.92. The van der Waals surface area contributed by atoms with E-state index in [1.807, 2.05) is 0 Å². The van der Waals surface area contributed by atoms with Gasteiger partial charge in [0.05, 0.1) is 0 Å². The number of nitrogen functional groups attached to an aromatic ring is 1. The molecule has 0 aliphatic carbocycles. The van der Waals surface area contributed by atoms with E-state index in [0.29, 0.717) is 12.1 Å². The second kappa shape index (κ2) is 6.45. The van der Waals surface area contributed by atoms with Crippen molar-refractivity contribution in [1.29, 1.82) is 0 Å². The van der Waals surface area contributed by atoms with Crippen molar-refractivity contribution >= 4 is 11.6 Å². The Labute approximate surface area is 110 Å². The molecule has 1 aromatic rings. The van der Waals surface area contributed by atoms with Crippen molar-refractivity contribution in [2.24, 2.45) is 0 Å². The van der Waals surface area contributed by atoms with E-state index in [0.717, 1.165) is 10.5 Å². The van der Waals surface area contributed by atoms with Gasteiger partial charge in [-0.05, 0) is 31.0 Å². The average Bonchev–Trinajstić information content (AvgIpc) is 2.32. The highest BCUT2D eigenvalue weighted by atomic mass is 19.4. The highest BCUT2D eigenvalue weighted by Gasteiger charge is 2.31. The molecule has 1 rings (SSSR count). The number of alkyl halides is 3. The standard InChI is InChI=1S/C13H17F3N2O/c1-2-18(9-13(14,15)16)12(19)7-6-10-4-3-5-11(17)8-10/h3-5,8H,2,6-7,9,17H2,1H3. The van der Waals surface area contributed by atoms with E-state index in [4.69, 9.17) is 5.73 Å². The number of aryl methyl sites for hydroxylation is 1. The molecule has 19 heavy (non-hydrogen) atoms. The molecule has 1 aromatic carbocycles. The van der Waals surface area contributed by atoms with Crippen molar-refractivity contribution in [3.05, 3.63) is 29.8 Å². The van der Waals surface area contributed by atoms with Crippen LogP contribution in [-0.4, -0.2) is 30.1 Å². The number of rotatable bonds is 5. The average molecular weight is 274 g/mol. The van der Waals surface area contributed by atoms with Crippen LogP contribution in [0.25, 0.3) is 0 Å². The molecule has 0 bridgehead atoms. The third-order valence-electron chi connectivity index (χ3n) is 2.68. The molecule has 0 saturated carbocycles. The Bertz CT molecular complexity index is 432. The molecule has 0 heterocycles. The fourth-order valence-corrected chi connectivity index (χ4v) is 1.75. The lowest BCUT2D eigenvalue weighted by atomic mass is 10.1. The van der Waals surface area contributed by atoms with Gasteiger partial charge in [-0.2, -0.15) is 13.2 Å². The zero-order chi connectivity index (χ0) is 14.5. The van der Waals surface area contributed by atoms with Gasteiger partial charge in [0.25, 0.3) is 0 Å². The molecule has 1 amide bonds. The minimum atomic E-state index is -4.36. The summed E-state index contributed by atoms with van der Waals surface area (Å²) in [6, 6.07) is 6.98. The third kappa shape index (κ3) is 5.63. The minimum Gasteiger partial charge on any atom is -0.399 e. The van der Waals surface area contributed by atoms with E-state index >= 15 is 0 Å². The van der Waals surface area contributed by atoms with Crippen LogP contribution in [0.1, 0.15) is 18.9 Å². The molecule has 106 valence electrons. The van der Waals surface area contributed by atoms with Gasteiger partial charge in [-0.1, -0.05) is 12.1 Å². The van der Waals surface area contributed by atoms with Crippen LogP contribution < -0.4 is 5.73 Å². The minimum absolute atomic E-state index is 0.0490. The number of carbonyl (C=O) groups is 1. The van der Waals surface area contributed by atoms with E-state index in [1.165, 1.54) is 6.92 Å². The maximum Gasteiger partial charge on any atom is 0.406 e. The Morgan fingerprint density at radius 3 is 2.58 bits per heavy atom. The number of hydrogen-bond donors (Lipinski definition) is 1. The third-order valence-corrected chi connectivity index (χ3v) is 2.68. The summed E-state index contributed by atoms with van der Waals surface area (Å²) >= 11 is 0. The van der Waals surface area contributed by atoms with Gasteiger partial charge in [0.1, 0.15) is 6.54 Å². The molecule has 0 aliphatic rings. The predicted octanol–water partition coefficient (Wildman–Crippen LogP) is 2.61. The molecule has 0 radical (unpaired) electrons. The van der Waals surface area contributed by atoms with Gasteiger partial charge in [0.15, 0.2) is 0 Å². The summed E-state index contributed by atoms with van der Waals surface area (Å²) in [6.45, 7) is 0.388. The summed E-state index contributed by atoms with van der Waals surface area (Å²) in [4.78, 5) is 12.5. The van der Waals surface area contributed by atoms with Gasteiger partial charge >= 0.3 is 6.18 Å². The van der Waals surface area contributed by atoms with Crippen LogP contribution in [0.15, 0.2) is 24.3 Å². The fraction of sp³-hybridized carbons (Fsp3) is 0.462. The normalized spacial score (nSPS) is 11.4. The van der Waals surface area contributed by atoms with Crippen LogP contribution >= 0.6 is 0 Å². The largest absolute Gasteiger partial charge is 0.406 e. The lowest BCUT2D eigenvalue weighted by Crippen LogP contribution is -2.38. The summed E-state index contributed by atoms with van der Waals surface area (Å²) in [5.74, 6) is -0.498. The number of amides is 1. The summed E-state index contributed by atoms with van der Waals surface area (Å²) in [7, 11) is 0. The first-order valence-electron chi connectivity index (χ1n) is 6.00. The molecule has 6 heteroatoms. The Balaban J connectivity index is 2.54. The highest BCUT2D eigenvalue weighted by Crippen LogP contribution is 2.17. The predicted molar refractivity (Wildman–Crippen MR) is 67.5 cm³/mol. The number of benzene rings is 1. The van der Waals surface area contributed by atoms with Gasteiger partial charge < -0.3 is 10.6 Å². The van der Waals surface area contributed by atoms with Crippen molar-refractivity contribution in [3.63, 3.8) is 0 Å². The zero-order valence-electron chi connectivity index (χ0n) is 10.7. The van der Waals surface area contributed by atoms with Crippen molar-refractivity contribution in [1.82, 2.24) is 4.90 Å². The maximum absolute atomic E-state index is 12.3. The van der Waals surface area contributed by atoms with Gasteiger partial charge in [-0.3, -0.25) is 4.79 Å². The Morgan fingerprint density at radius 2 is 2.05 bits per heavy atom. The molecule has 0 saturated heterocycles. The van der Waals surface area contributed by atoms with Crippen molar-refractivity contribution < 1.29 is 18.0 Å². The van der Waals surface area contributed by atoms with E-state index in [-0.39, 0.29) is 13.0 Å². The lowest BCUT2D eigenvalue weighted by Gasteiger charge is -2.22. The quantitative estimate of drug-likeness (QED) is 0.839. The Hall–Kier alpha value is -1.72. The molecule has 0 atom stereocenters. The summed E-state index contributed by atoms with van der Waals surface area (Å²) < 4.78 is 36.8. The smallest absolute Gasteiger partial charge is 0.399 e. The maximum atomic E-state index is 12.3. The van der Waals surface area contributed by atoms with Gasteiger partial charge in [0, 0.05) is 18.7 Å². The molecule has 0 fully saturated rings. The zero-order valence-corrected chi connectivity index (χ0v) is 10.7. The molecule has 0 aliphatic heterocycles. The monoisotopic (exact) mass is 274 g/mol. The summed E-state index contributed by atoms with van der Waals surface area (Å²) in [5.41, 5.74) is 7.01. The Kier molecular flexibility index (Phi) is 5.20. The number of hydrogen-bond acceptors (Lipinski definition) is 2. The van der Waals surface area contributed by atoms with Crippen LogP contribution in [0, 0.1) is 0 Å². The van der Waals surface area contributed by atoms with Crippen LogP contribution in [-0.2, 0) is 11.2 Å². The van der Waals surface area contributed by atoms with Crippen molar-refractivity contribution in [2.75, 3.05) is 18.8 Å². The van der Waals surface area contributed by atoms with Gasteiger partial charge in [-0.25, -0.2) is 0 Å². The molecular formula is C13H17F3N2O. The molecule has 2 N–H and O–H groups in total. The van der Waals surface area contributed by atoms with Crippen LogP contribution in [0.2, 0.25) is 0 Å². The molecule has 3 nitrogen and oxygen atoms in total. The van der Waals surface area contributed by atoms with Crippen LogP contribution in [0.4, 0.5) is 18.9 Å². The molecular weight excluding hydrogens is 257 g/mol. The SMILES string of the molecule is CCN(CC(F)(F)F)C(=O)CCc1cccc(N)c1. The van der Waals surface area contributed by atoms with Crippen LogP contribution in [0.3, 0.4) is 0 Å². The molecule has 0 aromatic heterocycles. The summed E-state index contributed by atoms with van der Waals surface area (Å²) in [5, 5.41) is 0. The number of nitrogens with zero attached hydrogens (tertiary/aromatic N) is 1. The number of carbonyl (C=O) groups excluding carboxylic acids is 1. The number of anilines is 1. The fourth-order valence-electron chi connectivity index (χ4n) is 1.75. The van der Waals surface area contributed by atoms with E-state index in [2.05, 4.69) is 0 Å². The number of halogens is 3. The van der Waals surface area contributed by atoms with E-state index in [9.17, 15) is 18.0 Å². The van der Waals surface area contributed by atoms with Gasteiger partial charge in [0.2, 0.25) is 5.91 Å². The van der Waals surface area contributed by atoms with Gasteiger partial charge in [-0.15, -0.1) is 0 Å². The van der Waals surface area contributed by atoms with E-state index < -0.39 is 18.6 Å². The molecule has 0 spiro atoms. The first-order chi connectivity index (χ1) is 8.81. The van der Waals surface area contributed by atoms with Crippen molar-refractivity contribution in [2.45, 2.75) is 25.9 Å². The highest BCUT2D eigenvalue weighted by molar-refractivity contribution is 5.76. The van der Waals surface area contributed by atoms with E-state index in [1.54, 1.807) is 24.3 Å². The lowest BCUT2D eigenvalue weighted by molar-refractivity contribution is -0.160. The molecule has 0 unspecified atom stereocenters. The first kappa shape index (κ1) is 15.3. The number of nitrogens with two attached hydrogens (primary N) is 1. The second-order valence-electron chi connectivity index (χ2n) is 4.27. The van der Waals surface area contributed by atoms with Crippen LogP contribution in [0.5, 0.6) is 0 Å². The topological polar surface area (TPSA) is 46.3 Å². The Morgan fingerprint density at radius 1 is 1.37 bits per heavy atom. The first-order valence-corrected chi connectivity index (χ1v) is 6.00.